The van der Waals surface area contributed by atoms with Gasteiger partial charge in [0, 0.05) is 25.5 Å². The van der Waals surface area contributed by atoms with Crippen LogP contribution in [-0.2, 0) is 6.54 Å². The lowest BCUT2D eigenvalue weighted by molar-refractivity contribution is 0.569. The molecule has 1 aromatic rings. The maximum Gasteiger partial charge on any atom is 0.0315 e. The maximum absolute atomic E-state index is 4.09. The van der Waals surface area contributed by atoms with Crippen LogP contribution in [-0.4, -0.2) is 11.5 Å². The van der Waals surface area contributed by atoms with Gasteiger partial charge in [-0.2, -0.15) is 0 Å². The quantitative estimate of drug-likeness (QED) is 0.599. The Morgan fingerprint density at radius 1 is 1.64 bits per heavy atom. The Morgan fingerprint density at radius 2 is 2.55 bits per heavy atom. The zero-order chi connectivity index (χ0) is 7.68. The van der Waals surface area contributed by atoms with Crippen molar-refractivity contribution in [1.29, 1.82) is 0 Å². The summed E-state index contributed by atoms with van der Waals surface area (Å²) in [5, 5.41) is 3.35. The molecule has 1 unspecified atom stereocenters. The number of aromatic nitrogens is 1. The second kappa shape index (κ2) is 2.62. The summed E-state index contributed by atoms with van der Waals surface area (Å²) >= 11 is 0. The summed E-state index contributed by atoms with van der Waals surface area (Å²) in [5.41, 5.74) is 2.81. The lowest BCUT2D eigenvalue weighted by Gasteiger charge is -2.22. The number of pyridine rings is 1. The third-order valence-electron chi connectivity index (χ3n) is 2.24. The third kappa shape index (κ3) is 1.14. The summed E-state index contributed by atoms with van der Waals surface area (Å²) in [4.78, 5) is 4.09. The van der Waals surface area contributed by atoms with Crippen molar-refractivity contribution < 1.29 is 0 Å². The Hall–Kier alpha value is -0.890. The standard InChI is InChI=1S/C9H12N2/c1-7-4-11-6-8-5-10-3-2-9(7)8/h2-3,5,7,11H,4,6H2,1H3. The Labute approximate surface area is 66.7 Å². The van der Waals surface area contributed by atoms with Crippen molar-refractivity contribution in [2.75, 3.05) is 6.54 Å². The lowest BCUT2D eigenvalue weighted by Crippen LogP contribution is -2.26. The van der Waals surface area contributed by atoms with Gasteiger partial charge < -0.3 is 5.32 Å². The number of rotatable bonds is 0. The van der Waals surface area contributed by atoms with E-state index in [0.717, 1.165) is 13.1 Å². The van der Waals surface area contributed by atoms with Crippen LogP contribution in [0.25, 0.3) is 0 Å². The van der Waals surface area contributed by atoms with Gasteiger partial charge in [0.25, 0.3) is 0 Å². The highest BCUT2D eigenvalue weighted by Gasteiger charge is 2.14. The number of nitrogens with zero attached hydrogens (tertiary/aromatic N) is 1. The minimum absolute atomic E-state index is 0.641. The van der Waals surface area contributed by atoms with Crippen LogP contribution in [0.15, 0.2) is 18.5 Å². The molecule has 1 aromatic heterocycles. The predicted octanol–water partition coefficient (Wildman–Crippen LogP) is 1.29. The first kappa shape index (κ1) is 6.80. The molecule has 1 N–H and O–H groups in total. The topological polar surface area (TPSA) is 24.9 Å². The Balaban J connectivity index is 2.44. The minimum atomic E-state index is 0.641. The van der Waals surface area contributed by atoms with E-state index >= 15 is 0 Å². The molecule has 1 atom stereocenters. The van der Waals surface area contributed by atoms with Gasteiger partial charge in [-0.05, 0) is 23.1 Å². The molecule has 0 spiro atoms. The molecule has 0 amide bonds. The highest BCUT2D eigenvalue weighted by Crippen LogP contribution is 2.21. The molecule has 1 aliphatic rings. The molecule has 1 aliphatic heterocycles. The van der Waals surface area contributed by atoms with Crippen molar-refractivity contribution in [3.8, 4) is 0 Å². The Bertz CT molecular complexity index is 257. The van der Waals surface area contributed by atoms with Gasteiger partial charge in [-0.15, -0.1) is 0 Å². The second-order valence-electron chi connectivity index (χ2n) is 3.11. The molecule has 2 heterocycles. The molecular formula is C9H12N2. The smallest absolute Gasteiger partial charge is 0.0315 e. The molecule has 58 valence electrons. The molecule has 0 fully saturated rings. The van der Waals surface area contributed by atoms with Gasteiger partial charge in [0.15, 0.2) is 0 Å². The van der Waals surface area contributed by atoms with Crippen molar-refractivity contribution in [2.24, 2.45) is 0 Å². The Morgan fingerprint density at radius 3 is 3.36 bits per heavy atom. The normalized spacial score (nSPS) is 22.8. The molecular weight excluding hydrogens is 136 g/mol. The van der Waals surface area contributed by atoms with Gasteiger partial charge >= 0.3 is 0 Å². The maximum atomic E-state index is 4.09. The molecule has 0 aromatic carbocycles. The van der Waals surface area contributed by atoms with Crippen LogP contribution in [0.1, 0.15) is 24.0 Å². The van der Waals surface area contributed by atoms with Crippen LogP contribution >= 0.6 is 0 Å². The van der Waals surface area contributed by atoms with Crippen molar-refractivity contribution in [3.63, 3.8) is 0 Å². The van der Waals surface area contributed by atoms with Crippen LogP contribution in [0, 0.1) is 0 Å². The van der Waals surface area contributed by atoms with Crippen LogP contribution in [0.3, 0.4) is 0 Å². The lowest BCUT2D eigenvalue weighted by atomic mass is 9.94. The number of hydrogen-bond acceptors (Lipinski definition) is 2. The molecule has 2 heteroatoms. The van der Waals surface area contributed by atoms with E-state index in [2.05, 4.69) is 23.3 Å². The molecule has 11 heavy (non-hydrogen) atoms. The van der Waals surface area contributed by atoms with Gasteiger partial charge in [-0.25, -0.2) is 0 Å². The predicted molar refractivity (Wildman–Crippen MR) is 44.4 cm³/mol. The molecule has 0 bridgehead atoms. The highest BCUT2D eigenvalue weighted by molar-refractivity contribution is 5.28. The molecule has 0 saturated heterocycles. The van der Waals surface area contributed by atoms with Gasteiger partial charge in [-0.3, -0.25) is 4.98 Å². The first-order valence-electron chi connectivity index (χ1n) is 4.01. The molecule has 2 nitrogen and oxygen atoms in total. The Kier molecular flexibility index (Phi) is 1.62. The fraction of sp³-hybridized carbons (Fsp3) is 0.444. The fourth-order valence-electron chi connectivity index (χ4n) is 1.60. The van der Waals surface area contributed by atoms with Crippen LogP contribution < -0.4 is 5.32 Å². The van der Waals surface area contributed by atoms with Gasteiger partial charge in [0.05, 0.1) is 0 Å². The summed E-state index contributed by atoms with van der Waals surface area (Å²) < 4.78 is 0. The van der Waals surface area contributed by atoms with Gasteiger partial charge in [-0.1, -0.05) is 6.92 Å². The van der Waals surface area contributed by atoms with E-state index in [4.69, 9.17) is 0 Å². The van der Waals surface area contributed by atoms with Crippen molar-refractivity contribution >= 4 is 0 Å². The number of hydrogen-bond donors (Lipinski definition) is 1. The third-order valence-corrected chi connectivity index (χ3v) is 2.24. The van der Waals surface area contributed by atoms with E-state index in [1.165, 1.54) is 11.1 Å². The first-order valence-corrected chi connectivity index (χ1v) is 4.01. The van der Waals surface area contributed by atoms with Crippen LogP contribution in [0.2, 0.25) is 0 Å². The first-order chi connectivity index (χ1) is 5.38. The van der Waals surface area contributed by atoms with E-state index < -0.39 is 0 Å². The van der Waals surface area contributed by atoms with Crippen molar-refractivity contribution in [2.45, 2.75) is 19.4 Å². The van der Waals surface area contributed by atoms with Gasteiger partial charge in [0.2, 0.25) is 0 Å². The molecule has 0 radical (unpaired) electrons. The van der Waals surface area contributed by atoms with E-state index in [1.54, 1.807) is 0 Å². The van der Waals surface area contributed by atoms with Crippen LogP contribution in [0.5, 0.6) is 0 Å². The number of nitrogens with one attached hydrogen (secondary N) is 1. The summed E-state index contributed by atoms with van der Waals surface area (Å²) in [7, 11) is 0. The van der Waals surface area contributed by atoms with E-state index in [9.17, 15) is 0 Å². The van der Waals surface area contributed by atoms with E-state index in [-0.39, 0.29) is 0 Å². The average Bonchev–Trinajstić information content (AvgIpc) is 2.06. The highest BCUT2D eigenvalue weighted by atomic mass is 14.9. The minimum Gasteiger partial charge on any atom is -0.312 e. The van der Waals surface area contributed by atoms with Crippen molar-refractivity contribution in [1.82, 2.24) is 10.3 Å². The molecule has 2 rings (SSSR count). The zero-order valence-electron chi connectivity index (χ0n) is 6.67. The SMILES string of the molecule is CC1CNCc2cnccc21. The summed E-state index contributed by atoms with van der Waals surface area (Å²) in [6.45, 7) is 4.31. The summed E-state index contributed by atoms with van der Waals surface area (Å²) in [5.74, 6) is 0.641. The second-order valence-corrected chi connectivity index (χ2v) is 3.11. The fourth-order valence-corrected chi connectivity index (χ4v) is 1.60. The average molecular weight is 148 g/mol. The summed E-state index contributed by atoms with van der Waals surface area (Å²) in [6, 6.07) is 2.13. The monoisotopic (exact) mass is 148 g/mol. The summed E-state index contributed by atoms with van der Waals surface area (Å²) in [6.07, 6.45) is 3.83. The zero-order valence-corrected chi connectivity index (χ0v) is 6.67. The largest absolute Gasteiger partial charge is 0.312 e. The van der Waals surface area contributed by atoms with Crippen molar-refractivity contribution in [3.05, 3.63) is 29.6 Å². The van der Waals surface area contributed by atoms with Crippen LogP contribution in [0.4, 0.5) is 0 Å². The molecule has 0 aliphatic carbocycles. The van der Waals surface area contributed by atoms with E-state index in [0.29, 0.717) is 5.92 Å². The van der Waals surface area contributed by atoms with Gasteiger partial charge in [0.1, 0.15) is 0 Å². The number of fused-ring (bicyclic) bond motifs is 1. The molecule has 0 saturated carbocycles. The van der Waals surface area contributed by atoms with E-state index in [1.807, 2.05) is 12.4 Å².